The Morgan fingerprint density at radius 3 is 2.53 bits per heavy atom. The summed E-state index contributed by atoms with van der Waals surface area (Å²) < 4.78 is 7.23. The lowest BCUT2D eigenvalue weighted by Crippen LogP contribution is -2.43. The summed E-state index contributed by atoms with van der Waals surface area (Å²) in [6.07, 6.45) is 1.77. The molecule has 2 aromatic carbocycles. The smallest absolute Gasteiger partial charge is 0.225 e. The summed E-state index contributed by atoms with van der Waals surface area (Å²) in [5.41, 5.74) is 5.93. The minimum Gasteiger partial charge on any atom is -0.497 e. The van der Waals surface area contributed by atoms with Gasteiger partial charge in [-0.3, -0.25) is 4.79 Å². The van der Waals surface area contributed by atoms with Gasteiger partial charge in [-0.05, 0) is 63.4 Å². The number of carbonyl (C=O) groups excluding carboxylic acids is 1. The Kier molecular flexibility index (Phi) is 6.59. The molecule has 0 saturated carbocycles. The monoisotopic (exact) mass is 484 g/mol. The zero-order chi connectivity index (χ0) is 25.2. The predicted octanol–water partition coefficient (Wildman–Crippen LogP) is 4.28. The summed E-state index contributed by atoms with van der Waals surface area (Å²) in [5.74, 6) is 1.51. The first-order chi connectivity index (χ1) is 17.4. The van der Waals surface area contributed by atoms with Crippen LogP contribution in [0.5, 0.6) is 5.75 Å². The fourth-order valence-corrected chi connectivity index (χ4v) is 4.92. The van der Waals surface area contributed by atoms with E-state index >= 15 is 0 Å². The van der Waals surface area contributed by atoms with Crippen LogP contribution in [0.25, 0.3) is 16.6 Å². The first-order valence-electron chi connectivity index (χ1n) is 12.4. The van der Waals surface area contributed by atoms with Gasteiger partial charge < -0.3 is 15.0 Å². The molecule has 4 aromatic rings. The highest BCUT2D eigenvalue weighted by Gasteiger charge is 2.29. The fraction of sp³-hybridized carbons (Fsp3) is 0.357. The summed E-state index contributed by atoms with van der Waals surface area (Å²) in [7, 11) is 1.66. The molecule has 8 nitrogen and oxygen atoms in total. The third kappa shape index (κ3) is 4.63. The topological polar surface area (TPSA) is 85.2 Å². The Morgan fingerprint density at radius 1 is 1.06 bits per heavy atom. The Labute approximate surface area is 211 Å². The molecule has 1 fully saturated rings. The van der Waals surface area contributed by atoms with Crippen molar-refractivity contribution < 1.29 is 9.53 Å². The third-order valence-electron chi connectivity index (χ3n) is 6.98. The van der Waals surface area contributed by atoms with Crippen LogP contribution in [0.1, 0.15) is 35.4 Å². The standard InChI is InChI=1S/C28H32N6O2/c1-18-7-9-21(10-8-18)16-29-28(35)22-6-5-15-33(17-22)27-26-25(19(2)30-31-27)20(3)34(32-26)23-11-13-24(36-4)14-12-23/h7-14,22H,5-6,15-17H2,1-4H3,(H,29,35)/t22-/m1/s1. The third-order valence-corrected chi connectivity index (χ3v) is 6.98. The van der Waals surface area contributed by atoms with E-state index in [9.17, 15) is 4.79 Å². The molecule has 8 heteroatoms. The second kappa shape index (κ2) is 9.97. The van der Waals surface area contributed by atoms with Gasteiger partial charge in [0.05, 0.1) is 35.5 Å². The molecule has 1 amide bonds. The van der Waals surface area contributed by atoms with E-state index in [1.807, 2.05) is 35.9 Å². The van der Waals surface area contributed by atoms with E-state index in [1.165, 1.54) is 5.56 Å². The largest absolute Gasteiger partial charge is 0.497 e. The van der Waals surface area contributed by atoms with Crippen molar-refractivity contribution in [1.29, 1.82) is 0 Å². The van der Waals surface area contributed by atoms with E-state index in [4.69, 9.17) is 9.84 Å². The zero-order valence-corrected chi connectivity index (χ0v) is 21.3. The quantitative estimate of drug-likeness (QED) is 0.440. The molecule has 0 unspecified atom stereocenters. The van der Waals surface area contributed by atoms with Gasteiger partial charge in [0.2, 0.25) is 5.91 Å². The van der Waals surface area contributed by atoms with E-state index < -0.39 is 0 Å². The van der Waals surface area contributed by atoms with Gasteiger partial charge in [-0.1, -0.05) is 29.8 Å². The number of amides is 1. The molecule has 0 spiro atoms. The number of hydrogen-bond donors (Lipinski definition) is 1. The number of aromatic nitrogens is 4. The van der Waals surface area contributed by atoms with Crippen molar-refractivity contribution in [3.05, 3.63) is 71.0 Å². The molecule has 1 atom stereocenters. The van der Waals surface area contributed by atoms with Crippen molar-refractivity contribution >= 4 is 22.6 Å². The van der Waals surface area contributed by atoms with E-state index in [1.54, 1.807) is 7.11 Å². The minimum absolute atomic E-state index is 0.0801. The van der Waals surface area contributed by atoms with Crippen LogP contribution < -0.4 is 15.0 Å². The van der Waals surface area contributed by atoms with Gasteiger partial charge in [-0.15, -0.1) is 5.10 Å². The van der Waals surface area contributed by atoms with Gasteiger partial charge in [0.25, 0.3) is 0 Å². The normalized spacial score (nSPS) is 15.8. The number of fused-ring (bicyclic) bond motifs is 1. The van der Waals surface area contributed by atoms with Gasteiger partial charge in [0.15, 0.2) is 5.82 Å². The Morgan fingerprint density at radius 2 is 1.81 bits per heavy atom. The lowest BCUT2D eigenvalue weighted by molar-refractivity contribution is -0.125. The number of carbonyl (C=O) groups is 1. The van der Waals surface area contributed by atoms with Gasteiger partial charge in [0.1, 0.15) is 11.3 Å². The number of nitrogens with one attached hydrogen (secondary N) is 1. The highest BCUT2D eigenvalue weighted by atomic mass is 16.5. The maximum Gasteiger partial charge on any atom is 0.225 e. The van der Waals surface area contributed by atoms with Gasteiger partial charge in [-0.25, -0.2) is 4.68 Å². The van der Waals surface area contributed by atoms with Crippen molar-refractivity contribution in [3.63, 3.8) is 0 Å². The molecule has 1 aliphatic heterocycles. The van der Waals surface area contributed by atoms with Crippen molar-refractivity contribution in [1.82, 2.24) is 25.3 Å². The number of ether oxygens (including phenoxy) is 1. The number of rotatable bonds is 6. The van der Waals surface area contributed by atoms with Crippen molar-refractivity contribution in [2.75, 3.05) is 25.1 Å². The van der Waals surface area contributed by atoms with Crippen molar-refractivity contribution in [2.24, 2.45) is 5.92 Å². The van der Waals surface area contributed by atoms with E-state index in [0.717, 1.165) is 64.5 Å². The summed E-state index contributed by atoms with van der Waals surface area (Å²) in [6, 6.07) is 16.1. The molecule has 0 bridgehead atoms. The van der Waals surface area contributed by atoms with Crippen LogP contribution in [0.3, 0.4) is 0 Å². The van der Waals surface area contributed by atoms with Crippen molar-refractivity contribution in [2.45, 2.75) is 40.2 Å². The number of piperidine rings is 1. The molecule has 3 heterocycles. The molecule has 186 valence electrons. The number of anilines is 1. The fourth-order valence-electron chi connectivity index (χ4n) is 4.92. The first-order valence-corrected chi connectivity index (χ1v) is 12.4. The van der Waals surface area contributed by atoms with Crippen LogP contribution >= 0.6 is 0 Å². The second-order valence-electron chi connectivity index (χ2n) is 9.52. The van der Waals surface area contributed by atoms with Crippen LogP contribution in [-0.2, 0) is 11.3 Å². The number of methoxy groups -OCH3 is 1. The Bertz CT molecular complexity index is 1380. The van der Waals surface area contributed by atoms with Crippen molar-refractivity contribution in [3.8, 4) is 11.4 Å². The highest BCUT2D eigenvalue weighted by Crippen LogP contribution is 2.32. The Balaban J connectivity index is 1.38. The maximum atomic E-state index is 13.0. The average Bonchev–Trinajstić information content (AvgIpc) is 3.26. The van der Waals surface area contributed by atoms with E-state index in [-0.39, 0.29) is 11.8 Å². The van der Waals surface area contributed by atoms with Gasteiger partial charge >= 0.3 is 0 Å². The van der Waals surface area contributed by atoms with Gasteiger partial charge in [0, 0.05) is 19.6 Å². The molecule has 0 aliphatic carbocycles. The molecule has 1 aliphatic rings. The molecular weight excluding hydrogens is 452 g/mol. The summed E-state index contributed by atoms with van der Waals surface area (Å²) in [6.45, 7) is 8.03. The second-order valence-corrected chi connectivity index (χ2v) is 9.52. The van der Waals surface area contributed by atoms with E-state index in [0.29, 0.717) is 13.1 Å². The predicted molar refractivity (Wildman–Crippen MR) is 141 cm³/mol. The molecule has 2 aromatic heterocycles. The van der Waals surface area contributed by atoms with E-state index in [2.05, 4.69) is 58.5 Å². The molecule has 1 saturated heterocycles. The molecular formula is C28H32N6O2. The number of hydrogen-bond acceptors (Lipinski definition) is 6. The van der Waals surface area contributed by atoms with Crippen LogP contribution in [0.15, 0.2) is 48.5 Å². The average molecular weight is 485 g/mol. The highest BCUT2D eigenvalue weighted by molar-refractivity contribution is 5.92. The first kappa shape index (κ1) is 23.8. The lowest BCUT2D eigenvalue weighted by Gasteiger charge is -2.32. The van der Waals surface area contributed by atoms with Crippen LogP contribution in [-0.4, -0.2) is 46.1 Å². The number of nitrogens with zero attached hydrogens (tertiary/aromatic N) is 5. The molecule has 1 N–H and O–H groups in total. The summed E-state index contributed by atoms with van der Waals surface area (Å²) in [4.78, 5) is 15.2. The van der Waals surface area contributed by atoms with Crippen LogP contribution in [0, 0.1) is 26.7 Å². The lowest BCUT2D eigenvalue weighted by atomic mass is 9.97. The van der Waals surface area contributed by atoms with Crippen LogP contribution in [0.4, 0.5) is 5.82 Å². The Hall–Kier alpha value is -3.94. The van der Waals surface area contributed by atoms with Crippen LogP contribution in [0.2, 0.25) is 0 Å². The maximum absolute atomic E-state index is 13.0. The van der Waals surface area contributed by atoms with Gasteiger partial charge in [-0.2, -0.15) is 10.2 Å². The SMILES string of the molecule is COc1ccc(-n2nc3c(N4CCC[C@@H](C(=O)NCc5ccc(C)cc5)C4)nnc(C)c3c2C)cc1. The summed E-state index contributed by atoms with van der Waals surface area (Å²) >= 11 is 0. The molecule has 0 radical (unpaired) electrons. The summed E-state index contributed by atoms with van der Waals surface area (Å²) in [5, 5.41) is 18.1. The number of benzene rings is 2. The minimum atomic E-state index is -0.105. The molecule has 36 heavy (non-hydrogen) atoms. The number of aryl methyl sites for hydroxylation is 3. The molecule has 5 rings (SSSR count). The zero-order valence-electron chi connectivity index (χ0n) is 21.3.